The van der Waals surface area contributed by atoms with Gasteiger partial charge in [-0.25, -0.2) is 0 Å². The highest BCUT2D eigenvalue weighted by Crippen LogP contribution is 2.00. The van der Waals surface area contributed by atoms with Gasteiger partial charge in [0.05, 0.1) is 0 Å². The Morgan fingerprint density at radius 1 is 1.30 bits per heavy atom. The molecule has 1 unspecified atom stereocenters. The lowest BCUT2D eigenvalue weighted by Gasteiger charge is -1.94. The van der Waals surface area contributed by atoms with E-state index in [2.05, 4.69) is 35.3 Å². The average molecular weight is 274 g/mol. The lowest BCUT2D eigenvalue weighted by atomic mass is 10.2. The van der Waals surface area contributed by atoms with Crippen molar-refractivity contribution in [3.8, 4) is 23.7 Å². The van der Waals surface area contributed by atoms with Crippen molar-refractivity contribution in [2.45, 2.75) is 45.6 Å². The Morgan fingerprint density at radius 2 is 2.10 bits per heavy atom. The van der Waals surface area contributed by atoms with Crippen LogP contribution in [-0.2, 0) is 9.53 Å². The van der Waals surface area contributed by atoms with Gasteiger partial charge in [0.2, 0.25) is 0 Å². The molecule has 0 aliphatic heterocycles. The van der Waals surface area contributed by atoms with Crippen molar-refractivity contribution >= 4 is 5.97 Å². The normalized spacial score (nSPS) is 11.6. The van der Waals surface area contributed by atoms with Crippen LogP contribution in [0.2, 0.25) is 0 Å². The van der Waals surface area contributed by atoms with Crippen LogP contribution in [0.25, 0.3) is 0 Å². The number of rotatable bonds is 7. The summed E-state index contributed by atoms with van der Waals surface area (Å²) in [6.07, 6.45) is 10.6. The Balaban J connectivity index is 3.87. The minimum absolute atomic E-state index is 0.209. The van der Waals surface area contributed by atoms with Crippen molar-refractivity contribution in [2.75, 3.05) is 6.61 Å². The monoisotopic (exact) mass is 274 g/mol. The van der Waals surface area contributed by atoms with Crippen LogP contribution in [0.15, 0.2) is 24.3 Å². The van der Waals surface area contributed by atoms with Crippen LogP contribution in [0.5, 0.6) is 0 Å². The maximum absolute atomic E-state index is 10.4. The van der Waals surface area contributed by atoms with Crippen molar-refractivity contribution in [1.29, 1.82) is 0 Å². The molecule has 3 nitrogen and oxygen atoms in total. The van der Waals surface area contributed by atoms with Gasteiger partial charge in [-0.15, -0.1) is 0 Å². The highest BCUT2D eigenvalue weighted by molar-refractivity contribution is 5.66. The zero-order chi connectivity index (χ0) is 15.1. The third-order valence-corrected chi connectivity index (χ3v) is 2.23. The van der Waals surface area contributed by atoms with Gasteiger partial charge >= 0.3 is 5.97 Å². The van der Waals surface area contributed by atoms with Gasteiger partial charge in [0.1, 0.15) is 12.7 Å². The van der Waals surface area contributed by atoms with Gasteiger partial charge in [-0.2, -0.15) is 0 Å². The number of ether oxygens (including phenoxy) is 1. The first kappa shape index (κ1) is 18.0. The van der Waals surface area contributed by atoms with E-state index in [9.17, 15) is 9.90 Å². The zero-order valence-corrected chi connectivity index (χ0v) is 12.2. The van der Waals surface area contributed by atoms with Crippen molar-refractivity contribution in [2.24, 2.45) is 0 Å². The smallest absolute Gasteiger partial charge is 0.302 e. The number of aliphatic hydroxyl groups is 1. The summed E-state index contributed by atoms with van der Waals surface area (Å²) in [4.78, 5) is 10.4. The number of hydrogen-bond donors (Lipinski definition) is 1. The van der Waals surface area contributed by atoms with E-state index in [0.717, 1.165) is 12.8 Å². The van der Waals surface area contributed by atoms with Crippen LogP contribution >= 0.6 is 0 Å². The standard InChI is InChI=1S/C17H22O3/c1-3-4-5-7-10-13-17(19)14-11-8-6-9-12-15-20-16(2)18/h9-10,12-13,17,19H,3-5,7,15H2,1-2H3. The number of esters is 1. The summed E-state index contributed by atoms with van der Waals surface area (Å²) in [6.45, 7) is 3.71. The number of hydrogen-bond acceptors (Lipinski definition) is 3. The lowest BCUT2D eigenvalue weighted by Crippen LogP contribution is -1.97. The Labute approximate surface area is 121 Å². The molecule has 0 aromatic carbocycles. The lowest BCUT2D eigenvalue weighted by molar-refractivity contribution is -0.139. The predicted octanol–water partition coefficient (Wildman–Crippen LogP) is 2.61. The van der Waals surface area contributed by atoms with E-state index in [1.54, 1.807) is 18.2 Å². The van der Waals surface area contributed by atoms with Crippen molar-refractivity contribution in [3.05, 3.63) is 24.3 Å². The fraction of sp³-hybridized carbons (Fsp3) is 0.471. The Hall–Kier alpha value is -1.97. The Bertz CT molecular complexity index is 438. The number of carbonyl (C=O) groups is 1. The van der Waals surface area contributed by atoms with Crippen molar-refractivity contribution in [1.82, 2.24) is 0 Å². The van der Waals surface area contributed by atoms with E-state index in [1.165, 1.54) is 19.8 Å². The summed E-state index contributed by atoms with van der Waals surface area (Å²) >= 11 is 0. The van der Waals surface area contributed by atoms with Gasteiger partial charge in [-0.3, -0.25) is 4.79 Å². The zero-order valence-electron chi connectivity index (χ0n) is 12.2. The minimum atomic E-state index is -0.768. The molecule has 0 aliphatic rings. The number of aliphatic hydroxyl groups excluding tert-OH is 1. The van der Waals surface area contributed by atoms with Gasteiger partial charge in [0.25, 0.3) is 0 Å². The van der Waals surface area contributed by atoms with E-state index in [-0.39, 0.29) is 12.6 Å². The molecule has 0 saturated carbocycles. The summed E-state index contributed by atoms with van der Waals surface area (Å²) < 4.78 is 4.68. The molecule has 20 heavy (non-hydrogen) atoms. The second-order valence-electron chi connectivity index (χ2n) is 4.11. The summed E-state index contributed by atoms with van der Waals surface area (Å²) in [5.41, 5.74) is 0. The summed E-state index contributed by atoms with van der Waals surface area (Å²) in [5.74, 6) is 10.1. The summed E-state index contributed by atoms with van der Waals surface area (Å²) in [7, 11) is 0. The molecular formula is C17H22O3. The fourth-order valence-electron chi connectivity index (χ4n) is 1.25. The maximum atomic E-state index is 10.4. The molecule has 3 heteroatoms. The topological polar surface area (TPSA) is 46.5 Å². The predicted molar refractivity (Wildman–Crippen MR) is 80.6 cm³/mol. The Kier molecular flexibility index (Phi) is 12.1. The highest BCUT2D eigenvalue weighted by Gasteiger charge is 1.89. The SMILES string of the molecule is CCCCCC=CC(O)C#CC#CC=CCOC(C)=O. The molecule has 0 heterocycles. The number of allylic oxidation sites excluding steroid dienone is 2. The summed E-state index contributed by atoms with van der Waals surface area (Å²) in [5, 5.41) is 9.50. The highest BCUT2D eigenvalue weighted by atomic mass is 16.5. The second-order valence-corrected chi connectivity index (χ2v) is 4.11. The van der Waals surface area contributed by atoms with Crippen LogP contribution in [-0.4, -0.2) is 23.8 Å². The molecule has 0 saturated heterocycles. The van der Waals surface area contributed by atoms with Crippen molar-refractivity contribution < 1.29 is 14.6 Å². The van der Waals surface area contributed by atoms with E-state index in [0.29, 0.717) is 0 Å². The maximum Gasteiger partial charge on any atom is 0.302 e. The van der Waals surface area contributed by atoms with E-state index < -0.39 is 6.10 Å². The van der Waals surface area contributed by atoms with E-state index in [1.807, 2.05) is 6.08 Å². The molecule has 0 radical (unpaired) electrons. The number of carbonyl (C=O) groups excluding carboxylic acids is 1. The average Bonchev–Trinajstić information content (AvgIpc) is 2.41. The van der Waals surface area contributed by atoms with Gasteiger partial charge in [0.15, 0.2) is 0 Å². The van der Waals surface area contributed by atoms with E-state index in [4.69, 9.17) is 0 Å². The molecule has 0 bridgehead atoms. The largest absolute Gasteiger partial charge is 0.462 e. The first-order valence-electron chi connectivity index (χ1n) is 6.81. The van der Waals surface area contributed by atoms with E-state index >= 15 is 0 Å². The molecule has 0 amide bonds. The first-order valence-corrected chi connectivity index (χ1v) is 6.81. The molecule has 108 valence electrons. The van der Waals surface area contributed by atoms with Crippen LogP contribution in [0.3, 0.4) is 0 Å². The third-order valence-electron chi connectivity index (χ3n) is 2.23. The molecular weight excluding hydrogens is 252 g/mol. The Morgan fingerprint density at radius 3 is 2.80 bits per heavy atom. The van der Waals surface area contributed by atoms with Crippen LogP contribution in [0.1, 0.15) is 39.5 Å². The van der Waals surface area contributed by atoms with Gasteiger partial charge in [-0.1, -0.05) is 37.7 Å². The van der Waals surface area contributed by atoms with Gasteiger partial charge in [-0.05, 0) is 42.9 Å². The molecule has 0 aromatic rings. The molecule has 0 spiro atoms. The quantitative estimate of drug-likeness (QED) is 0.336. The van der Waals surface area contributed by atoms with Gasteiger partial charge < -0.3 is 9.84 Å². The fourth-order valence-corrected chi connectivity index (χ4v) is 1.25. The minimum Gasteiger partial charge on any atom is -0.462 e. The van der Waals surface area contributed by atoms with Gasteiger partial charge in [0, 0.05) is 6.92 Å². The first-order chi connectivity index (χ1) is 9.66. The number of unbranched alkanes of at least 4 members (excludes halogenated alkanes) is 3. The molecule has 1 N–H and O–H groups in total. The summed E-state index contributed by atoms with van der Waals surface area (Å²) in [6, 6.07) is 0. The molecule has 0 aliphatic carbocycles. The van der Waals surface area contributed by atoms with Crippen LogP contribution in [0.4, 0.5) is 0 Å². The van der Waals surface area contributed by atoms with Crippen LogP contribution in [0, 0.1) is 23.7 Å². The third kappa shape index (κ3) is 14.1. The van der Waals surface area contributed by atoms with Crippen LogP contribution < -0.4 is 0 Å². The molecule has 0 fully saturated rings. The van der Waals surface area contributed by atoms with Crippen molar-refractivity contribution in [3.63, 3.8) is 0 Å². The molecule has 0 aromatic heterocycles. The molecule has 1 atom stereocenters. The molecule has 0 rings (SSSR count). The second kappa shape index (κ2) is 13.5.